The second-order valence-corrected chi connectivity index (χ2v) is 5.66. The number of ether oxygens (including phenoxy) is 3. The van der Waals surface area contributed by atoms with Crippen LogP contribution in [0, 0.1) is 0 Å². The number of nitrogens with one attached hydrogen (secondary N) is 2. The highest BCUT2D eigenvalue weighted by Crippen LogP contribution is 2.29. The molecule has 6 nitrogen and oxygen atoms in total. The number of anilines is 2. The molecule has 0 aliphatic rings. The zero-order valence-corrected chi connectivity index (χ0v) is 15.0. The van der Waals surface area contributed by atoms with Crippen molar-refractivity contribution in [2.24, 2.45) is 0 Å². The smallest absolute Gasteiger partial charge is 0.243 e. The molecule has 1 amide bonds. The van der Waals surface area contributed by atoms with E-state index in [0.29, 0.717) is 11.5 Å². The lowest BCUT2D eigenvalue weighted by Gasteiger charge is -2.12. The predicted octanol–water partition coefficient (Wildman–Crippen LogP) is 3.54. The molecule has 0 heterocycles. The molecule has 0 atom stereocenters. The zero-order valence-electron chi connectivity index (χ0n) is 15.0. The first kappa shape index (κ1) is 18.4. The number of rotatable bonds is 8. The van der Waals surface area contributed by atoms with Gasteiger partial charge in [-0.3, -0.25) is 4.79 Å². The molecule has 0 aliphatic heterocycles. The van der Waals surface area contributed by atoms with Gasteiger partial charge in [-0.15, -0.1) is 0 Å². The van der Waals surface area contributed by atoms with Gasteiger partial charge < -0.3 is 24.8 Å². The van der Waals surface area contributed by atoms with Gasteiger partial charge in [0.05, 0.1) is 26.9 Å². The summed E-state index contributed by atoms with van der Waals surface area (Å²) in [5.41, 5.74) is 1.49. The Labute approximate surface area is 148 Å². The first-order valence-electron chi connectivity index (χ1n) is 8.04. The Morgan fingerprint density at radius 3 is 2.20 bits per heavy atom. The van der Waals surface area contributed by atoms with Crippen LogP contribution < -0.4 is 24.8 Å². The van der Waals surface area contributed by atoms with Crippen molar-refractivity contribution in [3.63, 3.8) is 0 Å². The first-order valence-corrected chi connectivity index (χ1v) is 8.04. The van der Waals surface area contributed by atoms with Crippen LogP contribution in [0.1, 0.15) is 13.8 Å². The Morgan fingerprint density at radius 2 is 1.60 bits per heavy atom. The van der Waals surface area contributed by atoms with Gasteiger partial charge in [0.15, 0.2) is 11.5 Å². The van der Waals surface area contributed by atoms with Crippen molar-refractivity contribution >= 4 is 17.3 Å². The van der Waals surface area contributed by atoms with Crippen molar-refractivity contribution < 1.29 is 19.0 Å². The molecule has 0 unspecified atom stereocenters. The summed E-state index contributed by atoms with van der Waals surface area (Å²) in [4.78, 5) is 12.1. The highest BCUT2D eigenvalue weighted by atomic mass is 16.5. The summed E-state index contributed by atoms with van der Waals surface area (Å²) in [6, 6.07) is 12.7. The minimum atomic E-state index is -0.146. The number of benzene rings is 2. The molecule has 0 fully saturated rings. The van der Waals surface area contributed by atoms with Crippen LogP contribution in [0.3, 0.4) is 0 Å². The van der Waals surface area contributed by atoms with Crippen molar-refractivity contribution in [2.45, 2.75) is 20.0 Å². The van der Waals surface area contributed by atoms with Gasteiger partial charge in [0.1, 0.15) is 5.75 Å². The molecule has 2 N–H and O–H groups in total. The average Bonchev–Trinajstić information content (AvgIpc) is 2.61. The highest BCUT2D eigenvalue weighted by molar-refractivity contribution is 5.93. The molecule has 134 valence electrons. The van der Waals surface area contributed by atoms with Gasteiger partial charge in [0.25, 0.3) is 0 Å². The first-order chi connectivity index (χ1) is 12.0. The normalized spacial score (nSPS) is 10.3. The Bertz CT molecular complexity index is 699. The summed E-state index contributed by atoms with van der Waals surface area (Å²) >= 11 is 0. The summed E-state index contributed by atoms with van der Waals surface area (Å²) < 4.78 is 16.0. The van der Waals surface area contributed by atoms with Gasteiger partial charge in [0, 0.05) is 17.4 Å². The maximum atomic E-state index is 12.1. The van der Waals surface area contributed by atoms with Crippen molar-refractivity contribution in [3.05, 3.63) is 42.5 Å². The molecule has 2 aromatic rings. The molecule has 0 radical (unpaired) electrons. The number of amides is 1. The van der Waals surface area contributed by atoms with E-state index >= 15 is 0 Å². The number of carbonyl (C=O) groups is 1. The van der Waals surface area contributed by atoms with Crippen LogP contribution in [-0.2, 0) is 4.79 Å². The standard InChI is InChI=1S/C19H24N2O4/c1-13(2)25-16-8-5-14(6-9-16)21-19(22)12-20-15-7-10-17(23-3)18(11-15)24-4/h5-11,13,20H,12H2,1-4H3,(H,21,22). The molecule has 0 aromatic heterocycles. The van der Waals surface area contributed by atoms with Gasteiger partial charge >= 0.3 is 0 Å². The van der Waals surface area contributed by atoms with Crippen LogP contribution in [0.2, 0.25) is 0 Å². The number of carbonyl (C=O) groups excluding carboxylic acids is 1. The molecular weight excluding hydrogens is 320 g/mol. The minimum absolute atomic E-state index is 0.117. The lowest BCUT2D eigenvalue weighted by atomic mass is 10.2. The van der Waals surface area contributed by atoms with Crippen molar-refractivity contribution in [1.82, 2.24) is 0 Å². The van der Waals surface area contributed by atoms with Crippen LogP contribution in [-0.4, -0.2) is 32.8 Å². The fourth-order valence-electron chi connectivity index (χ4n) is 2.22. The molecule has 6 heteroatoms. The molecular formula is C19H24N2O4. The van der Waals surface area contributed by atoms with E-state index in [1.807, 2.05) is 44.2 Å². The van der Waals surface area contributed by atoms with Gasteiger partial charge in [-0.25, -0.2) is 0 Å². The SMILES string of the molecule is COc1ccc(NCC(=O)Nc2ccc(OC(C)C)cc2)cc1OC. The van der Waals surface area contributed by atoms with E-state index in [2.05, 4.69) is 10.6 Å². The summed E-state index contributed by atoms with van der Waals surface area (Å²) in [6.45, 7) is 4.07. The molecule has 0 bridgehead atoms. The molecule has 2 aromatic carbocycles. The Kier molecular flexibility index (Phi) is 6.51. The van der Waals surface area contributed by atoms with E-state index < -0.39 is 0 Å². The Balaban J connectivity index is 1.88. The quantitative estimate of drug-likeness (QED) is 0.766. The topological polar surface area (TPSA) is 68.8 Å². The summed E-state index contributed by atoms with van der Waals surface area (Å²) in [7, 11) is 3.15. The number of hydrogen-bond donors (Lipinski definition) is 2. The van der Waals surface area contributed by atoms with Gasteiger partial charge in [-0.05, 0) is 50.2 Å². The third-order valence-electron chi connectivity index (χ3n) is 3.35. The molecule has 0 saturated carbocycles. The van der Waals surface area contributed by atoms with Crippen LogP contribution in [0.4, 0.5) is 11.4 Å². The largest absolute Gasteiger partial charge is 0.493 e. The predicted molar refractivity (Wildman–Crippen MR) is 98.9 cm³/mol. The highest BCUT2D eigenvalue weighted by Gasteiger charge is 2.07. The maximum Gasteiger partial charge on any atom is 0.243 e. The van der Waals surface area contributed by atoms with Gasteiger partial charge in [-0.1, -0.05) is 0 Å². The van der Waals surface area contributed by atoms with Crippen LogP contribution in [0.5, 0.6) is 17.2 Å². The second kappa shape index (κ2) is 8.82. The third-order valence-corrected chi connectivity index (χ3v) is 3.35. The van der Waals surface area contributed by atoms with Crippen LogP contribution >= 0.6 is 0 Å². The molecule has 25 heavy (non-hydrogen) atoms. The van der Waals surface area contributed by atoms with Crippen molar-refractivity contribution in [2.75, 3.05) is 31.4 Å². The second-order valence-electron chi connectivity index (χ2n) is 5.66. The number of hydrogen-bond acceptors (Lipinski definition) is 5. The maximum absolute atomic E-state index is 12.1. The fraction of sp³-hybridized carbons (Fsp3) is 0.316. The molecule has 2 rings (SSSR count). The van der Waals surface area contributed by atoms with E-state index in [-0.39, 0.29) is 18.6 Å². The minimum Gasteiger partial charge on any atom is -0.493 e. The molecule has 0 saturated heterocycles. The van der Waals surface area contributed by atoms with Crippen molar-refractivity contribution in [3.8, 4) is 17.2 Å². The Morgan fingerprint density at radius 1 is 0.960 bits per heavy atom. The molecule has 0 spiro atoms. The summed E-state index contributed by atoms with van der Waals surface area (Å²) in [6.07, 6.45) is 0.117. The van der Waals surface area contributed by atoms with Gasteiger partial charge in [0.2, 0.25) is 5.91 Å². The molecule has 0 aliphatic carbocycles. The van der Waals surface area contributed by atoms with Crippen LogP contribution in [0.25, 0.3) is 0 Å². The van der Waals surface area contributed by atoms with Crippen LogP contribution in [0.15, 0.2) is 42.5 Å². The van der Waals surface area contributed by atoms with E-state index in [0.717, 1.165) is 17.1 Å². The van der Waals surface area contributed by atoms with E-state index in [1.54, 1.807) is 26.4 Å². The van der Waals surface area contributed by atoms with E-state index in [9.17, 15) is 4.79 Å². The summed E-state index contributed by atoms with van der Waals surface area (Å²) in [5, 5.41) is 5.89. The van der Waals surface area contributed by atoms with E-state index in [1.165, 1.54) is 0 Å². The number of methoxy groups -OCH3 is 2. The Hall–Kier alpha value is -2.89. The third kappa shape index (κ3) is 5.60. The lowest BCUT2D eigenvalue weighted by molar-refractivity contribution is -0.114. The zero-order chi connectivity index (χ0) is 18.2. The van der Waals surface area contributed by atoms with E-state index in [4.69, 9.17) is 14.2 Å². The summed E-state index contributed by atoms with van der Waals surface area (Å²) in [5.74, 6) is 1.87. The average molecular weight is 344 g/mol. The van der Waals surface area contributed by atoms with Gasteiger partial charge in [-0.2, -0.15) is 0 Å². The monoisotopic (exact) mass is 344 g/mol. The van der Waals surface area contributed by atoms with Crippen molar-refractivity contribution in [1.29, 1.82) is 0 Å². The lowest BCUT2D eigenvalue weighted by Crippen LogP contribution is -2.21. The fourth-order valence-corrected chi connectivity index (χ4v) is 2.22.